The topological polar surface area (TPSA) is 84.1 Å². The molecular weight excluding hydrogens is 382 g/mol. The van der Waals surface area contributed by atoms with Crippen molar-refractivity contribution in [1.82, 2.24) is 24.1 Å². The predicted octanol–water partition coefficient (Wildman–Crippen LogP) is 2.90. The van der Waals surface area contributed by atoms with Crippen LogP contribution in [-0.4, -0.2) is 50.0 Å². The Hall–Kier alpha value is -2.84. The zero-order valence-electron chi connectivity index (χ0n) is 17.1. The molecule has 1 atom stereocenters. The van der Waals surface area contributed by atoms with Gasteiger partial charge in [-0.3, -0.25) is 9.36 Å². The first-order valence-corrected chi connectivity index (χ1v) is 10.6. The Labute approximate surface area is 173 Å². The number of benzene rings is 1. The first-order chi connectivity index (χ1) is 14.8. The summed E-state index contributed by atoms with van der Waals surface area (Å²) in [6.45, 7) is 5.20. The molecule has 4 aromatic rings. The van der Waals surface area contributed by atoms with E-state index in [-0.39, 0.29) is 11.7 Å². The van der Waals surface area contributed by atoms with E-state index < -0.39 is 0 Å². The Kier molecular flexibility index (Phi) is 5.18. The standard InChI is InChI=1S/C22H25N5O3/c1-2-29-11-6-10-26-14-23-20-18(22(26)28)19-21(27(20)13-15-7-5-12-30-15)25-17-9-4-3-8-16(17)24-19/h3-4,8-9,14-15H,2,5-7,10-13H2,1H3. The highest BCUT2D eigenvalue weighted by atomic mass is 16.5. The average Bonchev–Trinajstić information content (AvgIpc) is 3.38. The Bertz CT molecular complexity index is 1260. The summed E-state index contributed by atoms with van der Waals surface area (Å²) in [7, 11) is 0. The zero-order chi connectivity index (χ0) is 20.5. The number of nitrogens with zero attached hydrogens (tertiary/aromatic N) is 5. The van der Waals surface area contributed by atoms with Crippen LogP contribution < -0.4 is 5.56 Å². The Morgan fingerprint density at radius 2 is 2.03 bits per heavy atom. The highest BCUT2D eigenvalue weighted by molar-refractivity contribution is 6.04. The number of aryl methyl sites for hydroxylation is 1. The maximum atomic E-state index is 13.4. The summed E-state index contributed by atoms with van der Waals surface area (Å²) < 4.78 is 14.9. The maximum Gasteiger partial charge on any atom is 0.265 e. The van der Waals surface area contributed by atoms with Crippen molar-refractivity contribution in [1.29, 1.82) is 0 Å². The van der Waals surface area contributed by atoms with E-state index in [4.69, 9.17) is 19.4 Å². The third kappa shape index (κ3) is 3.36. The predicted molar refractivity (Wildman–Crippen MR) is 115 cm³/mol. The molecule has 0 spiro atoms. The molecule has 0 saturated carbocycles. The molecule has 0 N–H and O–H groups in total. The van der Waals surface area contributed by atoms with Gasteiger partial charge >= 0.3 is 0 Å². The second-order valence-corrected chi connectivity index (χ2v) is 7.62. The van der Waals surface area contributed by atoms with Crippen LogP contribution in [0.1, 0.15) is 26.2 Å². The second-order valence-electron chi connectivity index (χ2n) is 7.62. The van der Waals surface area contributed by atoms with Crippen LogP contribution in [0.2, 0.25) is 0 Å². The molecule has 1 saturated heterocycles. The van der Waals surface area contributed by atoms with Gasteiger partial charge in [0.2, 0.25) is 0 Å². The van der Waals surface area contributed by atoms with Crippen LogP contribution in [0.4, 0.5) is 0 Å². The molecule has 0 amide bonds. The molecule has 0 radical (unpaired) electrons. The molecule has 5 rings (SSSR count). The van der Waals surface area contributed by atoms with Crippen LogP contribution in [0, 0.1) is 0 Å². The highest BCUT2D eigenvalue weighted by Crippen LogP contribution is 2.26. The molecule has 156 valence electrons. The Balaban J connectivity index is 1.68. The molecule has 1 aliphatic heterocycles. The molecule has 3 aromatic heterocycles. The highest BCUT2D eigenvalue weighted by Gasteiger charge is 2.23. The molecular formula is C22H25N5O3. The van der Waals surface area contributed by atoms with E-state index in [2.05, 4.69) is 4.98 Å². The smallest absolute Gasteiger partial charge is 0.265 e. The number of fused-ring (bicyclic) bond motifs is 4. The Morgan fingerprint density at radius 3 is 2.80 bits per heavy atom. The first kappa shape index (κ1) is 19.1. The van der Waals surface area contributed by atoms with Gasteiger partial charge in [-0.2, -0.15) is 0 Å². The van der Waals surface area contributed by atoms with Gasteiger partial charge < -0.3 is 14.0 Å². The van der Waals surface area contributed by atoms with Gasteiger partial charge in [-0.1, -0.05) is 12.1 Å². The van der Waals surface area contributed by atoms with E-state index in [1.807, 2.05) is 35.8 Å². The summed E-state index contributed by atoms with van der Waals surface area (Å²) >= 11 is 0. The number of hydrogen-bond donors (Lipinski definition) is 0. The van der Waals surface area contributed by atoms with Crippen molar-refractivity contribution in [3.63, 3.8) is 0 Å². The summed E-state index contributed by atoms with van der Waals surface area (Å²) in [5.41, 5.74) is 3.42. The van der Waals surface area contributed by atoms with E-state index in [9.17, 15) is 4.79 Å². The van der Waals surface area contributed by atoms with E-state index in [1.54, 1.807) is 10.9 Å². The van der Waals surface area contributed by atoms with Crippen molar-refractivity contribution in [3.05, 3.63) is 40.9 Å². The molecule has 1 aliphatic rings. The second kappa shape index (κ2) is 8.12. The lowest BCUT2D eigenvalue weighted by atomic mass is 10.2. The molecule has 1 fully saturated rings. The number of aromatic nitrogens is 5. The average molecular weight is 407 g/mol. The van der Waals surface area contributed by atoms with Crippen molar-refractivity contribution in [2.45, 2.75) is 45.4 Å². The summed E-state index contributed by atoms with van der Waals surface area (Å²) in [4.78, 5) is 27.7. The van der Waals surface area contributed by atoms with E-state index in [0.29, 0.717) is 48.5 Å². The van der Waals surface area contributed by atoms with Crippen molar-refractivity contribution in [3.8, 4) is 0 Å². The SMILES string of the molecule is CCOCCCn1cnc2c(c1=O)c1nc3ccccc3nc1n2CC1CCCO1. The van der Waals surface area contributed by atoms with Gasteiger partial charge in [0.05, 0.1) is 30.0 Å². The lowest BCUT2D eigenvalue weighted by Gasteiger charge is -2.12. The van der Waals surface area contributed by atoms with Crippen molar-refractivity contribution >= 4 is 33.2 Å². The monoisotopic (exact) mass is 407 g/mol. The van der Waals surface area contributed by atoms with Gasteiger partial charge in [0.15, 0.2) is 11.3 Å². The minimum atomic E-state index is -0.0860. The summed E-state index contributed by atoms with van der Waals surface area (Å²) in [6.07, 6.45) is 4.53. The number of hydrogen-bond acceptors (Lipinski definition) is 6. The van der Waals surface area contributed by atoms with Crippen LogP contribution in [0.5, 0.6) is 0 Å². The number of para-hydroxylation sites is 2. The number of rotatable bonds is 7. The first-order valence-electron chi connectivity index (χ1n) is 10.6. The van der Waals surface area contributed by atoms with Gasteiger partial charge in [0.25, 0.3) is 5.56 Å². The van der Waals surface area contributed by atoms with Gasteiger partial charge in [0, 0.05) is 26.4 Å². The minimum absolute atomic E-state index is 0.0860. The van der Waals surface area contributed by atoms with Gasteiger partial charge in [0.1, 0.15) is 10.9 Å². The molecule has 8 nitrogen and oxygen atoms in total. The van der Waals surface area contributed by atoms with Crippen molar-refractivity contribution in [2.75, 3.05) is 19.8 Å². The van der Waals surface area contributed by atoms with E-state index in [0.717, 1.165) is 36.9 Å². The van der Waals surface area contributed by atoms with E-state index >= 15 is 0 Å². The molecule has 1 unspecified atom stereocenters. The fraction of sp³-hybridized carbons (Fsp3) is 0.455. The molecule has 30 heavy (non-hydrogen) atoms. The van der Waals surface area contributed by atoms with Crippen molar-refractivity contribution < 1.29 is 9.47 Å². The van der Waals surface area contributed by atoms with Crippen LogP contribution in [-0.2, 0) is 22.6 Å². The van der Waals surface area contributed by atoms with Crippen LogP contribution in [0.3, 0.4) is 0 Å². The maximum absolute atomic E-state index is 13.4. The third-order valence-electron chi connectivity index (χ3n) is 5.62. The quantitative estimate of drug-likeness (QED) is 0.438. The lowest BCUT2D eigenvalue weighted by molar-refractivity contribution is 0.0987. The zero-order valence-corrected chi connectivity index (χ0v) is 17.1. The van der Waals surface area contributed by atoms with Crippen LogP contribution in [0.15, 0.2) is 35.4 Å². The van der Waals surface area contributed by atoms with Gasteiger partial charge in [-0.15, -0.1) is 0 Å². The fourth-order valence-corrected chi connectivity index (χ4v) is 4.14. The normalized spacial score (nSPS) is 16.9. The summed E-state index contributed by atoms with van der Waals surface area (Å²) in [5.74, 6) is 0. The molecule has 0 bridgehead atoms. The summed E-state index contributed by atoms with van der Waals surface area (Å²) in [6, 6.07) is 7.73. The minimum Gasteiger partial charge on any atom is -0.382 e. The van der Waals surface area contributed by atoms with Gasteiger partial charge in [-0.05, 0) is 38.3 Å². The number of ether oxygens (including phenoxy) is 2. The van der Waals surface area contributed by atoms with Gasteiger partial charge in [-0.25, -0.2) is 15.0 Å². The molecule has 1 aromatic carbocycles. The fourth-order valence-electron chi connectivity index (χ4n) is 4.14. The molecule has 0 aliphatic carbocycles. The van der Waals surface area contributed by atoms with Crippen molar-refractivity contribution in [2.24, 2.45) is 0 Å². The third-order valence-corrected chi connectivity index (χ3v) is 5.62. The van der Waals surface area contributed by atoms with E-state index in [1.165, 1.54) is 0 Å². The molecule has 8 heteroatoms. The Morgan fingerprint density at radius 1 is 1.20 bits per heavy atom. The molecule has 4 heterocycles. The van der Waals surface area contributed by atoms with Crippen LogP contribution >= 0.6 is 0 Å². The lowest BCUT2D eigenvalue weighted by Crippen LogP contribution is -2.22. The summed E-state index contributed by atoms with van der Waals surface area (Å²) in [5, 5.41) is 0.528. The van der Waals surface area contributed by atoms with Crippen LogP contribution in [0.25, 0.3) is 33.2 Å². The largest absolute Gasteiger partial charge is 0.382 e.